The van der Waals surface area contributed by atoms with Crippen LogP contribution in [0.25, 0.3) is 0 Å². The van der Waals surface area contributed by atoms with Gasteiger partial charge in [0.2, 0.25) is 5.91 Å². The molecule has 1 amide bonds. The maximum Gasteiger partial charge on any atom is 0.234 e. The third-order valence-electron chi connectivity index (χ3n) is 3.34. The number of carbonyl (C=O) groups excluding carboxylic acids is 1. The number of hydrogen-bond donors (Lipinski definition) is 1. The Kier molecular flexibility index (Phi) is 6.02. The van der Waals surface area contributed by atoms with Crippen LogP contribution in [-0.4, -0.2) is 47.2 Å². The zero-order chi connectivity index (χ0) is 15.2. The highest BCUT2D eigenvalue weighted by molar-refractivity contribution is 8.23. The van der Waals surface area contributed by atoms with Crippen molar-refractivity contribution < 1.29 is 9.53 Å². The van der Waals surface area contributed by atoms with Crippen LogP contribution in [0, 0.1) is 13.8 Å². The van der Waals surface area contributed by atoms with Gasteiger partial charge in [-0.05, 0) is 25.0 Å². The van der Waals surface area contributed by atoms with E-state index < -0.39 is 0 Å². The number of hydrogen-bond acceptors (Lipinski definition) is 4. The van der Waals surface area contributed by atoms with Gasteiger partial charge in [-0.1, -0.05) is 42.2 Å². The molecule has 1 aliphatic rings. The summed E-state index contributed by atoms with van der Waals surface area (Å²) < 4.78 is 6.06. The van der Waals surface area contributed by atoms with E-state index in [1.807, 2.05) is 32.0 Å². The molecule has 0 radical (unpaired) electrons. The smallest absolute Gasteiger partial charge is 0.234 e. The van der Waals surface area contributed by atoms with E-state index in [2.05, 4.69) is 10.2 Å². The van der Waals surface area contributed by atoms with Crippen LogP contribution in [0.4, 0.5) is 5.69 Å². The fourth-order valence-corrected chi connectivity index (χ4v) is 3.20. The van der Waals surface area contributed by atoms with Crippen molar-refractivity contribution in [3.63, 3.8) is 0 Å². The lowest BCUT2D eigenvalue weighted by molar-refractivity contribution is -0.113. The number of nitrogens with one attached hydrogen (secondary N) is 1. The van der Waals surface area contributed by atoms with Crippen molar-refractivity contribution >= 4 is 39.9 Å². The molecule has 0 unspecified atom stereocenters. The van der Waals surface area contributed by atoms with E-state index in [1.165, 1.54) is 11.8 Å². The number of morpholine rings is 1. The summed E-state index contributed by atoms with van der Waals surface area (Å²) in [6, 6.07) is 5.98. The lowest BCUT2D eigenvalue weighted by Crippen LogP contribution is -2.39. The Bertz CT molecular complexity index is 508. The molecule has 0 spiro atoms. The first-order valence-corrected chi connectivity index (χ1v) is 8.33. The highest BCUT2D eigenvalue weighted by Gasteiger charge is 2.15. The molecule has 1 saturated heterocycles. The minimum atomic E-state index is -0.0204. The fraction of sp³-hybridized carbons (Fsp3) is 0.467. The summed E-state index contributed by atoms with van der Waals surface area (Å²) >= 11 is 6.77. The average molecular weight is 324 g/mol. The molecule has 1 N–H and O–H groups in total. The van der Waals surface area contributed by atoms with Gasteiger partial charge in [0.1, 0.15) is 4.32 Å². The summed E-state index contributed by atoms with van der Waals surface area (Å²) in [6.07, 6.45) is 0. The van der Waals surface area contributed by atoms with Crippen molar-refractivity contribution in [3.8, 4) is 0 Å². The Morgan fingerprint density at radius 1 is 1.33 bits per heavy atom. The second-order valence-electron chi connectivity index (χ2n) is 4.97. The van der Waals surface area contributed by atoms with Crippen LogP contribution in [0.15, 0.2) is 18.2 Å². The van der Waals surface area contributed by atoms with Crippen molar-refractivity contribution in [1.82, 2.24) is 4.90 Å². The number of ether oxygens (including phenoxy) is 1. The first kappa shape index (κ1) is 16.3. The van der Waals surface area contributed by atoms with Gasteiger partial charge in [0.25, 0.3) is 0 Å². The number of aryl methyl sites for hydroxylation is 2. The van der Waals surface area contributed by atoms with Gasteiger partial charge in [0.15, 0.2) is 0 Å². The van der Waals surface area contributed by atoms with E-state index in [4.69, 9.17) is 17.0 Å². The number of amides is 1. The molecule has 114 valence electrons. The van der Waals surface area contributed by atoms with Crippen LogP contribution in [0.2, 0.25) is 0 Å². The van der Waals surface area contributed by atoms with Gasteiger partial charge in [-0.25, -0.2) is 0 Å². The molecule has 2 rings (SSSR count). The number of carbonyl (C=O) groups is 1. The van der Waals surface area contributed by atoms with E-state index in [9.17, 15) is 4.79 Å². The molecule has 4 nitrogen and oxygen atoms in total. The summed E-state index contributed by atoms with van der Waals surface area (Å²) in [6.45, 7) is 7.02. The van der Waals surface area contributed by atoms with Crippen LogP contribution in [0.1, 0.15) is 11.1 Å². The molecular weight excluding hydrogens is 304 g/mol. The summed E-state index contributed by atoms with van der Waals surface area (Å²) in [5.74, 6) is 0.317. The van der Waals surface area contributed by atoms with Crippen LogP contribution in [-0.2, 0) is 9.53 Å². The first-order valence-electron chi connectivity index (χ1n) is 6.93. The third-order valence-corrected chi connectivity index (χ3v) is 4.86. The number of benzene rings is 1. The molecule has 21 heavy (non-hydrogen) atoms. The van der Waals surface area contributed by atoms with Gasteiger partial charge in [0, 0.05) is 18.8 Å². The van der Waals surface area contributed by atoms with Crippen LogP contribution in [0.3, 0.4) is 0 Å². The third kappa shape index (κ3) is 4.69. The van der Waals surface area contributed by atoms with Crippen molar-refractivity contribution in [3.05, 3.63) is 29.3 Å². The Balaban J connectivity index is 1.83. The zero-order valence-corrected chi connectivity index (χ0v) is 14.0. The van der Waals surface area contributed by atoms with Crippen molar-refractivity contribution in [2.45, 2.75) is 13.8 Å². The fourth-order valence-electron chi connectivity index (χ4n) is 2.15. The number of anilines is 1. The quantitative estimate of drug-likeness (QED) is 0.866. The van der Waals surface area contributed by atoms with Crippen molar-refractivity contribution in [2.75, 3.05) is 37.4 Å². The molecule has 1 fully saturated rings. The molecule has 1 aromatic carbocycles. The molecule has 0 saturated carbocycles. The topological polar surface area (TPSA) is 41.6 Å². The molecule has 1 heterocycles. The van der Waals surface area contributed by atoms with E-state index in [0.717, 1.165) is 34.2 Å². The number of thiocarbonyl (C=S) groups is 1. The molecule has 0 bridgehead atoms. The van der Waals surface area contributed by atoms with Gasteiger partial charge in [-0.3, -0.25) is 4.79 Å². The minimum absolute atomic E-state index is 0.0204. The number of para-hydroxylation sites is 1. The van der Waals surface area contributed by atoms with Gasteiger partial charge in [-0.15, -0.1) is 0 Å². The van der Waals surface area contributed by atoms with E-state index in [-0.39, 0.29) is 5.91 Å². The largest absolute Gasteiger partial charge is 0.378 e. The lowest BCUT2D eigenvalue weighted by Gasteiger charge is -2.28. The SMILES string of the molecule is Cc1cccc(C)c1NC(=O)CSC(=S)N1CCOCC1. The zero-order valence-electron chi connectivity index (χ0n) is 12.3. The molecule has 0 aliphatic carbocycles. The summed E-state index contributed by atoms with van der Waals surface area (Å²) in [4.78, 5) is 14.2. The highest BCUT2D eigenvalue weighted by Crippen LogP contribution is 2.20. The minimum Gasteiger partial charge on any atom is -0.378 e. The summed E-state index contributed by atoms with van der Waals surface area (Å²) in [5, 5.41) is 2.97. The normalized spacial score (nSPS) is 14.9. The summed E-state index contributed by atoms with van der Waals surface area (Å²) in [7, 11) is 0. The molecule has 0 atom stereocenters. The number of thioether (sulfide) groups is 1. The highest BCUT2D eigenvalue weighted by atomic mass is 32.2. The van der Waals surface area contributed by atoms with Gasteiger partial charge in [0.05, 0.1) is 19.0 Å². The summed E-state index contributed by atoms with van der Waals surface area (Å²) in [5.41, 5.74) is 3.05. The maximum absolute atomic E-state index is 12.1. The lowest BCUT2D eigenvalue weighted by atomic mass is 10.1. The first-order chi connectivity index (χ1) is 10.1. The molecule has 1 aliphatic heterocycles. The predicted octanol–water partition coefficient (Wildman–Crippen LogP) is 2.59. The monoisotopic (exact) mass is 324 g/mol. The number of nitrogens with zero attached hydrogens (tertiary/aromatic N) is 1. The Hall–Kier alpha value is -1.11. The van der Waals surface area contributed by atoms with E-state index in [1.54, 1.807) is 0 Å². The number of rotatable bonds is 3. The average Bonchev–Trinajstić information content (AvgIpc) is 2.49. The van der Waals surface area contributed by atoms with Crippen molar-refractivity contribution in [1.29, 1.82) is 0 Å². The maximum atomic E-state index is 12.1. The van der Waals surface area contributed by atoms with Gasteiger partial charge in [-0.2, -0.15) is 0 Å². The molecule has 0 aromatic heterocycles. The molecule has 6 heteroatoms. The molecular formula is C15H20N2O2S2. The van der Waals surface area contributed by atoms with Gasteiger partial charge >= 0.3 is 0 Å². The van der Waals surface area contributed by atoms with Crippen LogP contribution < -0.4 is 5.32 Å². The van der Waals surface area contributed by atoms with E-state index >= 15 is 0 Å². The van der Waals surface area contributed by atoms with Gasteiger partial charge < -0.3 is 15.0 Å². The van der Waals surface area contributed by atoms with E-state index in [0.29, 0.717) is 19.0 Å². The Labute approximate surface area is 135 Å². The molecule has 1 aromatic rings. The Morgan fingerprint density at radius 2 is 1.95 bits per heavy atom. The Morgan fingerprint density at radius 3 is 2.57 bits per heavy atom. The standard InChI is InChI=1S/C15H20N2O2S2/c1-11-4-3-5-12(2)14(11)16-13(18)10-21-15(20)17-6-8-19-9-7-17/h3-5H,6-10H2,1-2H3,(H,16,18). The van der Waals surface area contributed by atoms with Crippen LogP contribution >= 0.6 is 24.0 Å². The van der Waals surface area contributed by atoms with Crippen molar-refractivity contribution in [2.24, 2.45) is 0 Å². The predicted molar refractivity (Wildman–Crippen MR) is 92.0 cm³/mol. The second-order valence-corrected chi connectivity index (χ2v) is 6.58. The van der Waals surface area contributed by atoms with Crippen LogP contribution in [0.5, 0.6) is 0 Å². The second kappa shape index (κ2) is 7.77.